The summed E-state index contributed by atoms with van der Waals surface area (Å²) in [7, 11) is 0. The molecule has 3 nitrogen and oxygen atoms in total. The molecule has 0 N–H and O–H groups in total. The number of carbonyl (C=O) groups is 1. The van der Waals surface area contributed by atoms with Crippen molar-refractivity contribution in [3.8, 4) is 0 Å². The van der Waals surface area contributed by atoms with Crippen molar-refractivity contribution in [1.29, 1.82) is 0 Å². The van der Waals surface area contributed by atoms with E-state index in [9.17, 15) is 18.0 Å². The lowest BCUT2D eigenvalue weighted by atomic mass is 10.1. The molecule has 0 unspecified atom stereocenters. The number of hydrogen-bond donors (Lipinski definition) is 0. The van der Waals surface area contributed by atoms with Gasteiger partial charge in [0.25, 0.3) is 6.43 Å². The van der Waals surface area contributed by atoms with E-state index in [1.165, 1.54) is 0 Å². The Hall–Kier alpha value is -1.30. The SMILES string of the molecule is CCOC(=O)Cc1cc(F)nc(C(F)F)c1Cl. The molecule has 0 aromatic carbocycles. The van der Waals surface area contributed by atoms with Gasteiger partial charge in [0, 0.05) is 0 Å². The molecule has 0 amide bonds. The molecule has 94 valence electrons. The highest BCUT2D eigenvalue weighted by Gasteiger charge is 2.20. The highest BCUT2D eigenvalue weighted by atomic mass is 35.5. The van der Waals surface area contributed by atoms with Crippen molar-refractivity contribution in [3.05, 3.63) is 28.3 Å². The Bertz CT molecular complexity index is 426. The first-order valence-electron chi connectivity index (χ1n) is 4.74. The summed E-state index contributed by atoms with van der Waals surface area (Å²) in [6, 6.07) is 0.838. The second-order valence-corrected chi connectivity index (χ2v) is 3.46. The summed E-state index contributed by atoms with van der Waals surface area (Å²) in [4.78, 5) is 14.1. The van der Waals surface area contributed by atoms with Crippen LogP contribution in [0.5, 0.6) is 0 Å². The molecule has 1 rings (SSSR count). The first-order chi connectivity index (χ1) is 7.95. The number of ether oxygens (including phenoxy) is 1. The minimum Gasteiger partial charge on any atom is -0.466 e. The minimum atomic E-state index is -3.00. The maximum absolute atomic E-state index is 12.9. The van der Waals surface area contributed by atoms with Gasteiger partial charge in [-0.1, -0.05) is 11.6 Å². The van der Waals surface area contributed by atoms with Crippen LogP contribution in [0, 0.1) is 5.95 Å². The molecule has 0 spiro atoms. The van der Waals surface area contributed by atoms with Crippen LogP contribution in [0.4, 0.5) is 13.2 Å². The standard InChI is InChI=1S/C10H9ClF3NO2/c1-2-17-7(16)4-5-3-6(12)15-9(8(5)11)10(13)14/h3,10H,2,4H2,1H3. The second-order valence-electron chi connectivity index (χ2n) is 3.09. The molecule has 0 saturated carbocycles. The second kappa shape index (κ2) is 5.86. The summed E-state index contributed by atoms with van der Waals surface area (Å²) in [5.41, 5.74) is -0.932. The van der Waals surface area contributed by atoms with E-state index in [2.05, 4.69) is 9.72 Å². The molecule has 0 aliphatic rings. The van der Waals surface area contributed by atoms with E-state index in [-0.39, 0.29) is 18.6 Å². The molecule has 0 fully saturated rings. The largest absolute Gasteiger partial charge is 0.466 e. The molecule has 0 saturated heterocycles. The van der Waals surface area contributed by atoms with Crippen LogP contribution in [0.3, 0.4) is 0 Å². The van der Waals surface area contributed by atoms with Gasteiger partial charge in [0.2, 0.25) is 5.95 Å². The molecule has 1 aromatic rings. The number of halogens is 4. The summed E-state index contributed by atoms with van der Waals surface area (Å²) in [6.07, 6.45) is -3.37. The molecule has 0 radical (unpaired) electrons. The van der Waals surface area contributed by atoms with Crippen LogP contribution in [0.15, 0.2) is 6.07 Å². The fourth-order valence-corrected chi connectivity index (χ4v) is 1.45. The van der Waals surface area contributed by atoms with Gasteiger partial charge in [-0.05, 0) is 18.6 Å². The number of carbonyl (C=O) groups excluding carboxylic acids is 1. The van der Waals surface area contributed by atoms with E-state index in [4.69, 9.17) is 11.6 Å². The van der Waals surface area contributed by atoms with Crippen LogP contribution in [0.2, 0.25) is 5.02 Å². The molecule has 7 heteroatoms. The molecule has 1 heterocycles. The molecule has 17 heavy (non-hydrogen) atoms. The highest BCUT2D eigenvalue weighted by Crippen LogP contribution is 2.28. The summed E-state index contributed by atoms with van der Waals surface area (Å²) < 4.78 is 42.4. The van der Waals surface area contributed by atoms with Gasteiger partial charge in [0.1, 0.15) is 5.69 Å². The van der Waals surface area contributed by atoms with E-state index in [1.54, 1.807) is 6.92 Å². The first-order valence-corrected chi connectivity index (χ1v) is 5.12. The number of aromatic nitrogens is 1. The Morgan fingerprint density at radius 3 is 2.76 bits per heavy atom. The van der Waals surface area contributed by atoms with Gasteiger partial charge in [0.05, 0.1) is 18.1 Å². The third-order valence-electron chi connectivity index (χ3n) is 1.87. The van der Waals surface area contributed by atoms with Crippen molar-refractivity contribution < 1.29 is 22.7 Å². The molecule has 0 aliphatic heterocycles. The van der Waals surface area contributed by atoms with Crippen molar-refractivity contribution in [2.75, 3.05) is 6.61 Å². The summed E-state index contributed by atoms with van der Waals surface area (Å²) in [5, 5.41) is -0.408. The fraction of sp³-hybridized carbons (Fsp3) is 0.400. The summed E-state index contributed by atoms with van der Waals surface area (Å²) in [6.45, 7) is 1.74. The average Bonchev–Trinajstić information content (AvgIpc) is 2.22. The van der Waals surface area contributed by atoms with Crippen molar-refractivity contribution in [2.24, 2.45) is 0 Å². The third kappa shape index (κ3) is 3.59. The van der Waals surface area contributed by atoms with E-state index in [1.807, 2.05) is 0 Å². The predicted octanol–water partition coefficient (Wildman–Crippen LogP) is 2.92. The lowest BCUT2D eigenvalue weighted by Crippen LogP contribution is -2.10. The lowest BCUT2D eigenvalue weighted by Gasteiger charge is -2.08. The number of alkyl halides is 2. The Kier molecular flexibility index (Phi) is 4.74. The molecule has 1 aromatic heterocycles. The first kappa shape index (κ1) is 13.8. The number of rotatable bonds is 4. The maximum atomic E-state index is 12.9. The molecule has 0 atom stereocenters. The minimum absolute atomic E-state index is 0.0621. The van der Waals surface area contributed by atoms with E-state index in [0.717, 1.165) is 6.07 Å². The van der Waals surface area contributed by atoms with Gasteiger partial charge in [0.15, 0.2) is 0 Å². The Balaban J connectivity index is 3.03. The topological polar surface area (TPSA) is 39.2 Å². The Labute approximate surface area is 101 Å². The molecular weight excluding hydrogens is 259 g/mol. The van der Waals surface area contributed by atoms with Crippen LogP contribution in [-0.2, 0) is 16.0 Å². The number of esters is 1. The zero-order valence-electron chi connectivity index (χ0n) is 8.84. The zero-order valence-corrected chi connectivity index (χ0v) is 9.60. The van der Waals surface area contributed by atoms with Gasteiger partial charge < -0.3 is 4.74 Å². The van der Waals surface area contributed by atoms with Crippen molar-refractivity contribution in [3.63, 3.8) is 0 Å². The van der Waals surface area contributed by atoms with Gasteiger partial charge in [-0.25, -0.2) is 13.8 Å². The summed E-state index contributed by atoms with van der Waals surface area (Å²) >= 11 is 5.60. The predicted molar refractivity (Wildman–Crippen MR) is 54.5 cm³/mol. The van der Waals surface area contributed by atoms with Crippen molar-refractivity contribution >= 4 is 17.6 Å². The number of nitrogens with zero attached hydrogens (tertiary/aromatic N) is 1. The van der Waals surface area contributed by atoms with Crippen LogP contribution in [0.25, 0.3) is 0 Å². The van der Waals surface area contributed by atoms with Crippen LogP contribution in [0.1, 0.15) is 24.6 Å². The maximum Gasteiger partial charge on any atom is 0.310 e. The van der Waals surface area contributed by atoms with Crippen molar-refractivity contribution in [2.45, 2.75) is 19.8 Å². The number of hydrogen-bond acceptors (Lipinski definition) is 3. The Morgan fingerprint density at radius 2 is 2.24 bits per heavy atom. The van der Waals surface area contributed by atoms with Crippen LogP contribution in [-0.4, -0.2) is 17.6 Å². The normalized spacial score (nSPS) is 10.7. The monoisotopic (exact) mass is 267 g/mol. The lowest BCUT2D eigenvalue weighted by molar-refractivity contribution is -0.142. The van der Waals surface area contributed by atoms with Gasteiger partial charge in [-0.3, -0.25) is 4.79 Å². The van der Waals surface area contributed by atoms with Crippen LogP contribution >= 0.6 is 11.6 Å². The third-order valence-corrected chi connectivity index (χ3v) is 2.31. The highest BCUT2D eigenvalue weighted by molar-refractivity contribution is 6.32. The Morgan fingerprint density at radius 1 is 1.59 bits per heavy atom. The van der Waals surface area contributed by atoms with Gasteiger partial charge in [-0.2, -0.15) is 4.39 Å². The van der Waals surface area contributed by atoms with Gasteiger partial charge >= 0.3 is 5.97 Å². The van der Waals surface area contributed by atoms with Crippen LogP contribution < -0.4 is 0 Å². The van der Waals surface area contributed by atoms with E-state index < -0.39 is 29.1 Å². The van der Waals surface area contributed by atoms with E-state index >= 15 is 0 Å². The smallest absolute Gasteiger partial charge is 0.310 e. The molecule has 0 bridgehead atoms. The average molecular weight is 268 g/mol. The summed E-state index contributed by atoms with van der Waals surface area (Å²) in [5.74, 6) is -1.77. The number of pyridine rings is 1. The quantitative estimate of drug-likeness (QED) is 0.622. The molecule has 0 aliphatic carbocycles. The fourth-order valence-electron chi connectivity index (χ4n) is 1.21. The zero-order chi connectivity index (χ0) is 13.0. The molecular formula is C10H9ClF3NO2. The van der Waals surface area contributed by atoms with E-state index in [0.29, 0.717) is 0 Å². The van der Waals surface area contributed by atoms with Gasteiger partial charge in [-0.15, -0.1) is 0 Å². The van der Waals surface area contributed by atoms with Crippen molar-refractivity contribution in [1.82, 2.24) is 4.98 Å².